The molecule has 36 heavy (non-hydrogen) atoms. The van der Waals surface area contributed by atoms with Crippen LogP contribution < -0.4 is 16.0 Å². The van der Waals surface area contributed by atoms with E-state index in [2.05, 4.69) is 38.7 Å². The van der Waals surface area contributed by atoms with Crippen LogP contribution >= 0.6 is 0 Å². The van der Waals surface area contributed by atoms with Crippen LogP contribution in [0.15, 0.2) is 47.4 Å². The molecule has 10 heteroatoms. The Balaban J connectivity index is 1.38. The molecule has 1 atom stereocenters. The number of ether oxygens (including phenoxy) is 1. The first-order valence-electron chi connectivity index (χ1n) is 12.5. The second kappa shape index (κ2) is 10.4. The van der Waals surface area contributed by atoms with E-state index in [0.717, 1.165) is 80.1 Å². The van der Waals surface area contributed by atoms with Crippen molar-refractivity contribution in [3.63, 3.8) is 0 Å². The van der Waals surface area contributed by atoms with Gasteiger partial charge in [0.15, 0.2) is 6.23 Å². The van der Waals surface area contributed by atoms with Crippen molar-refractivity contribution in [3.8, 4) is 17.0 Å². The van der Waals surface area contributed by atoms with Crippen molar-refractivity contribution in [2.24, 2.45) is 5.73 Å². The molecule has 1 unspecified atom stereocenters. The number of carbonyl (C=O) groups excluding carboxylic acids is 1. The number of pyridine rings is 1. The Hall–Kier alpha value is -3.18. The fraction of sp³-hybridized carbons (Fsp3) is 0.462. The number of amides is 1. The number of hydrogen-bond acceptors (Lipinski definition) is 7. The van der Waals surface area contributed by atoms with Crippen LogP contribution in [0.2, 0.25) is 0 Å². The first kappa shape index (κ1) is 24.5. The van der Waals surface area contributed by atoms with Crippen LogP contribution in [0.25, 0.3) is 22.2 Å². The van der Waals surface area contributed by atoms with Gasteiger partial charge in [0.1, 0.15) is 5.75 Å². The molecule has 1 amide bonds. The van der Waals surface area contributed by atoms with E-state index >= 15 is 0 Å². The summed E-state index contributed by atoms with van der Waals surface area (Å²) in [6.45, 7) is 9.12. The third kappa shape index (κ3) is 5.31. The van der Waals surface area contributed by atoms with Gasteiger partial charge in [-0.3, -0.25) is 14.6 Å². The highest BCUT2D eigenvalue weighted by atomic mass is 16.5. The molecular weight excluding hydrogens is 458 g/mol. The number of fused-ring (bicyclic) bond motifs is 1. The second-order valence-corrected chi connectivity index (χ2v) is 9.88. The lowest BCUT2D eigenvalue weighted by Crippen LogP contribution is -2.56. The molecule has 192 valence electrons. The molecule has 2 aromatic heterocycles. The Bertz CT molecular complexity index is 1270. The number of aromatic amines is 1. The van der Waals surface area contributed by atoms with Gasteiger partial charge in [0, 0.05) is 76.0 Å². The van der Waals surface area contributed by atoms with Gasteiger partial charge in [-0.25, -0.2) is 9.36 Å². The molecule has 2 aliphatic heterocycles. The number of aromatic nitrogens is 2. The molecule has 3 aromatic rings. The Kier molecular flexibility index (Phi) is 7.10. The summed E-state index contributed by atoms with van der Waals surface area (Å²) in [5.74, 6) is 0.800. The van der Waals surface area contributed by atoms with Crippen LogP contribution in [0.3, 0.4) is 0 Å². The zero-order valence-corrected chi connectivity index (χ0v) is 21.0. The maximum atomic E-state index is 12.7. The lowest BCUT2D eigenvalue weighted by Gasteiger charge is -2.41. The molecule has 2 aliphatic rings. The zero-order chi connectivity index (χ0) is 25.2. The predicted molar refractivity (Wildman–Crippen MR) is 140 cm³/mol. The van der Waals surface area contributed by atoms with Gasteiger partial charge in [0.05, 0.1) is 11.3 Å². The van der Waals surface area contributed by atoms with Gasteiger partial charge in [-0.05, 0) is 50.5 Å². The van der Waals surface area contributed by atoms with Crippen LogP contribution in [0, 0.1) is 0 Å². The topological polar surface area (TPSA) is 103 Å². The normalized spacial score (nSPS) is 19.5. The van der Waals surface area contributed by atoms with Crippen LogP contribution in [0.4, 0.5) is 4.79 Å². The number of nitrogens with two attached hydrogens (primary N) is 1. The average molecular weight is 494 g/mol. The van der Waals surface area contributed by atoms with Gasteiger partial charge < -0.3 is 25.3 Å². The highest BCUT2D eigenvalue weighted by Crippen LogP contribution is 2.27. The number of hydrogen-bond donors (Lipinski definition) is 2. The van der Waals surface area contributed by atoms with Crippen LogP contribution in [-0.2, 0) is 0 Å². The minimum absolute atomic E-state index is 0.0325. The van der Waals surface area contributed by atoms with Crippen molar-refractivity contribution in [2.75, 3.05) is 73.0 Å². The fourth-order valence-corrected chi connectivity index (χ4v) is 4.95. The van der Waals surface area contributed by atoms with Crippen LogP contribution in [0.5, 0.6) is 5.75 Å². The molecular formula is C26H35N7O3. The number of benzene rings is 1. The third-order valence-electron chi connectivity index (χ3n) is 7.29. The molecule has 0 radical (unpaired) electrons. The van der Waals surface area contributed by atoms with Gasteiger partial charge in [0.25, 0.3) is 5.56 Å². The van der Waals surface area contributed by atoms with Crippen molar-refractivity contribution in [2.45, 2.75) is 6.23 Å². The van der Waals surface area contributed by atoms with Crippen molar-refractivity contribution >= 4 is 16.9 Å². The van der Waals surface area contributed by atoms with Crippen LogP contribution in [-0.4, -0.2) is 114 Å². The monoisotopic (exact) mass is 493 g/mol. The van der Waals surface area contributed by atoms with Gasteiger partial charge in [-0.15, -0.1) is 0 Å². The molecule has 1 aromatic carbocycles. The molecule has 0 saturated carbocycles. The summed E-state index contributed by atoms with van der Waals surface area (Å²) < 4.78 is 7.54. The largest absolute Gasteiger partial charge is 0.474 e. The highest BCUT2D eigenvalue weighted by Gasteiger charge is 2.27. The summed E-state index contributed by atoms with van der Waals surface area (Å²) in [7, 11) is 4.33. The minimum Gasteiger partial charge on any atom is -0.474 e. The van der Waals surface area contributed by atoms with E-state index in [4.69, 9.17) is 10.5 Å². The SMILES string of the molecule is CN1CCN(CC(Oc2ccc3[nH]c(-c4cccn(C(N)=O)c4=O)cc3c2)N2CCN(C)CC2)CC1. The van der Waals surface area contributed by atoms with Crippen molar-refractivity contribution < 1.29 is 9.53 Å². The molecule has 2 saturated heterocycles. The van der Waals surface area contributed by atoms with Gasteiger partial charge in [-0.2, -0.15) is 0 Å². The number of piperazine rings is 2. The van der Waals surface area contributed by atoms with E-state index in [-0.39, 0.29) is 6.23 Å². The van der Waals surface area contributed by atoms with Gasteiger partial charge >= 0.3 is 6.03 Å². The molecule has 4 heterocycles. The Morgan fingerprint density at radius 3 is 2.39 bits per heavy atom. The van der Waals surface area contributed by atoms with E-state index in [0.29, 0.717) is 11.3 Å². The number of nitrogens with one attached hydrogen (secondary N) is 1. The fourth-order valence-electron chi connectivity index (χ4n) is 4.95. The van der Waals surface area contributed by atoms with E-state index in [1.54, 1.807) is 12.1 Å². The quantitative estimate of drug-likeness (QED) is 0.531. The molecule has 5 rings (SSSR count). The van der Waals surface area contributed by atoms with Crippen molar-refractivity contribution in [1.29, 1.82) is 0 Å². The lowest BCUT2D eigenvalue weighted by molar-refractivity contribution is -0.0298. The first-order chi connectivity index (χ1) is 17.4. The van der Waals surface area contributed by atoms with E-state index in [1.165, 1.54) is 6.20 Å². The number of primary amides is 1. The number of nitrogens with zero attached hydrogens (tertiary/aromatic N) is 5. The summed E-state index contributed by atoms with van der Waals surface area (Å²) in [4.78, 5) is 37.2. The minimum atomic E-state index is -0.802. The lowest BCUT2D eigenvalue weighted by atomic mass is 10.2. The molecule has 0 aliphatic carbocycles. The molecule has 3 N–H and O–H groups in total. The summed E-state index contributed by atoms with van der Waals surface area (Å²) in [5, 5.41) is 0.938. The molecule has 10 nitrogen and oxygen atoms in total. The predicted octanol–water partition coefficient (Wildman–Crippen LogP) is 1.12. The first-order valence-corrected chi connectivity index (χ1v) is 12.5. The third-order valence-corrected chi connectivity index (χ3v) is 7.29. The summed E-state index contributed by atoms with van der Waals surface area (Å²) in [6.07, 6.45) is 1.34. The van der Waals surface area contributed by atoms with E-state index in [1.807, 2.05) is 24.3 Å². The van der Waals surface area contributed by atoms with E-state index < -0.39 is 11.6 Å². The zero-order valence-electron chi connectivity index (χ0n) is 21.0. The number of rotatable bonds is 6. The highest BCUT2D eigenvalue weighted by molar-refractivity contribution is 5.87. The molecule has 0 bridgehead atoms. The van der Waals surface area contributed by atoms with Gasteiger partial charge in [-0.1, -0.05) is 0 Å². The smallest absolute Gasteiger partial charge is 0.325 e. The van der Waals surface area contributed by atoms with Crippen LogP contribution in [0.1, 0.15) is 0 Å². The Morgan fingerprint density at radius 1 is 1.00 bits per heavy atom. The summed E-state index contributed by atoms with van der Waals surface area (Å²) >= 11 is 0. The molecule has 2 fully saturated rings. The number of likely N-dealkylation sites (N-methyl/N-ethyl adjacent to an activating group) is 2. The van der Waals surface area contributed by atoms with Crippen molar-refractivity contribution in [3.05, 3.63) is 52.9 Å². The molecule has 0 spiro atoms. The number of carbonyl (C=O) groups is 1. The Morgan fingerprint density at radius 2 is 1.69 bits per heavy atom. The van der Waals surface area contributed by atoms with Crippen molar-refractivity contribution in [1.82, 2.24) is 29.2 Å². The van der Waals surface area contributed by atoms with Gasteiger partial charge in [0.2, 0.25) is 0 Å². The Labute approximate surface area is 210 Å². The standard InChI is InChI=1S/C26H35N7O3/c1-29-8-12-31(13-9-29)18-24(32-14-10-30(2)11-15-32)36-20-5-6-22-19(16-20)17-23(28-22)21-4-3-7-33(25(21)34)26(27)35/h3-7,16-17,24,28H,8-15,18H2,1-2H3,(H2,27,35). The maximum absolute atomic E-state index is 12.7. The average Bonchev–Trinajstić information content (AvgIpc) is 3.28. The number of H-pyrrole nitrogens is 1. The second-order valence-electron chi connectivity index (χ2n) is 9.88. The summed E-state index contributed by atoms with van der Waals surface area (Å²) in [5.41, 5.74) is 6.80. The maximum Gasteiger partial charge on any atom is 0.325 e. The summed E-state index contributed by atoms with van der Waals surface area (Å²) in [6, 6.07) is 10.4. The van der Waals surface area contributed by atoms with E-state index in [9.17, 15) is 9.59 Å².